The number of aromatic nitrogens is 2. The van der Waals surface area contributed by atoms with E-state index < -0.39 is 0 Å². The molecule has 0 unspecified atom stereocenters. The van der Waals surface area contributed by atoms with Gasteiger partial charge in [-0.25, -0.2) is 9.97 Å². The molecule has 0 saturated carbocycles. The summed E-state index contributed by atoms with van der Waals surface area (Å²) in [7, 11) is 1.40. The molecule has 0 bridgehead atoms. The lowest BCUT2D eigenvalue weighted by Gasteiger charge is -2.08. The molecule has 5 nitrogen and oxygen atoms in total. The van der Waals surface area contributed by atoms with Crippen LogP contribution in [0.1, 0.15) is 32.5 Å². The molecule has 6 heteroatoms. The second-order valence-corrected chi connectivity index (χ2v) is 5.08. The molecule has 0 aliphatic carbocycles. The Morgan fingerprint density at radius 1 is 1.42 bits per heavy atom. The molecule has 0 fully saturated rings. The molecule has 0 aliphatic rings. The first-order valence-electron chi connectivity index (χ1n) is 6.51. The highest BCUT2D eigenvalue weighted by molar-refractivity contribution is 7.99. The van der Waals surface area contributed by atoms with E-state index in [1.807, 2.05) is 13.0 Å². The van der Waals surface area contributed by atoms with Gasteiger partial charge in [-0.1, -0.05) is 13.8 Å². The smallest absolute Gasteiger partial charge is 0.306 e. The predicted octanol–water partition coefficient (Wildman–Crippen LogP) is 2.52. The number of nitrogens with zero attached hydrogens (tertiary/aromatic N) is 2. The highest BCUT2D eigenvalue weighted by atomic mass is 32.2. The highest BCUT2D eigenvalue weighted by Gasteiger charge is 2.06. The summed E-state index contributed by atoms with van der Waals surface area (Å²) in [6, 6.07) is 1.93. The Labute approximate surface area is 118 Å². The maximum absolute atomic E-state index is 11.1. The van der Waals surface area contributed by atoms with Gasteiger partial charge < -0.3 is 10.1 Å². The summed E-state index contributed by atoms with van der Waals surface area (Å²) in [5.74, 6) is 2.15. The summed E-state index contributed by atoms with van der Waals surface area (Å²) in [5, 5.41) is 4.16. The summed E-state index contributed by atoms with van der Waals surface area (Å²) < 4.78 is 4.61. The van der Waals surface area contributed by atoms with Crippen molar-refractivity contribution < 1.29 is 9.53 Å². The first kappa shape index (κ1) is 15.8. The number of aryl methyl sites for hydroxylation is 1. The Balaban J connectivity index is 2.62. The second-order valence-electron chi connectivity index (χ2n) is 3.96. The summed E-state index contributed by atoms with van der Waals surface area (Å²) in [6.45, 7) is 5.04. The zero-order chi connectivity index (χ0) is 14.1. The van der Waals surface area contributed by atoms with Gasteiger partial charge in [-0.15, -0.1) is 11.8 Å². The van der Waals surface area contributed by atoms with Crippen molar-refractivity contribution in [1.29, 1.82) is 0 Å². The van der Waals surface area contributed by atoms with Crippen molar-refractivity contribution in [2.24, 2.45) is 0 Å². The average Bonchev–Trinajstić information content (AvgIpc) is 2.44. The molecule has 0 saturated heterocycles. The van der Waals surface area contributed by atoms with Gasteiger partial charge in [-0.3, -0.25) is 4.79 Å². The highest BCUT2D eigenvalue weighted by Crippen LogP contribution is 2.20. The van der Waals surface area contributed by atoms with Crippen LogP contribution in [0, 0.1) is 0 Å². The van der Waals surface area contributed by atoms with Crippen molar-refractivity contribution in [1.82, 2.24) is 9.97 Å². The summed E-state index contributed by atoms with van der Waals surface area (Å²) in [5.41, 5.74) is 0. The largest absolute Gasteiger partial charge is 0.469 e. The second kappa shape index (κ2) is 8.74. The van der Waals surface area contributed by atoms with Crippen molar-refractivity contribution in [2.75, 3.05) is 24.7 Å². The monoisotopic (exact) mass is 283 g/mol. The molecule has 0 aromatic carbocycles. The number of nitrogens with one attached hydrogen (secondary N) is 1. The van der Waals surface area contributed by atoms with Gasteiger partial charge in [0.25, 0.3) is 0 Å². The summed E-state index contributed by atoms with van der Waals surface area (Å²) in [4.78, 5) is 19.9. The third-order valence-electron chi connectivity index (χ3n) is 2.41. The van der Waals surface area contributed by atoms with Gasteiger partial charge in [0.2, 0.25) is 0 Å². The lowest BCUT2D eigenvalue weighted by atomic mass is 10.4. The molecule has 19 heavy (non-hydrogen) atoms. The molecular weight excluding hydrogens is 262 g/mol. The Kier molecular flexibility index (Phi) is 7.25. The zero-order valence-corrected chi connectivity index (χ0v) is 12.5. The molecule has 0 spiro atoms. The van der Waals surface area contributed by atoms with Crippen LogP contribution in [0.15, 0.2) is 11.1 Å². The van der Waals surface area contributed by atoms with Crippen LogP contribution in [-0.2, 0) is 16.0 Å². The molecule has 0 amide bonds. The van der Waals surface area contributed by atoms with E-state index in [4.69, 9.17) is 0 Å². The van der Waals surface area contributed by atoms with Crippen LogP contribution in [0.3, 0.4) is 0 Å². The number of carbonyl (C=O) groups excluding carboxylic acids is 1. The lowest BCUT2D eigenvalue weighted by molar-refractivity contribution is -0.140. The van der Waals surface area contributed by atoms with E-state index in [1.165, 1.54) is 7.11 Å². The molecular formula is C13H21N3O2S. The minimum atomic E-state index is -0.193. The number of esters is 1. The Morgan fingerprint density at radius 2 is 2.21 bits per heavy atom. The number of hydrogen-bond acceptors (Lipinski definition) is 6. The minimum absolute atomic E-state index is 0.193. The summed E-state index contributed by atoms with van der Waals surface area (Å²) in [6.07, 6.45) is 2.24. The maximum atomic E-state index is 11.1. The van der Waals surface area contributed by atoms with Crippen LogP contribution in [0.2, 0.25) is 0 Å². The van der Waals surface area contributed by atoms with Gasteiger partial charge in [0.1, 0.15) is 16.7 Å². The van der Waals surface area contributed by atoms with Crippen LogP contribution in [-0.4, -0.2) is 35.3 Å². The molecule has 106 valence electrons. The van der Waals surface area contributed by atoms with Crippen molar-refractivity contribution in [3.63, 3.8) is 0 Å². The number of thioether (sulfide) groups is 1. The first-order chi connectivity index (χ1) is 9.19. The SMILES string of the molecule is CCCNc1cc(SCCC(=O)OC)nc(CC)n1. The fourth-order valence-electron chi connectivity index (χ4n) is 1.39. The Bertz CT molecular complexity index is 413. The van der Waals surface area contributed by atoms with Crippen molar-refractivity contribution in [3.8, 4) is 0 Å². The van der Waals surface area contributed by atoms with Gasteiger partial charge in [0, 0.05) is 24.8 Å². The number of carbonyl (C=O) groups is 1. The van der Waals surface area contributed by atoms with Gasteiger partial charge in [-0.2, -0.15) is 0 Å². The molecule has 1 rings (SSSR count). The number of hydrogen-bond donors (Lipinski definition) is 1. The molecule has 1 aromatic heterocycles. The van der Waals surface area contributed by atoms with Crippen LogP contribution in [0.5, 0.6) is 0 Å². The Morgan fingerprint density at radius 3 is 2.84 bits per heavy atom. The van der Waals surface area contributed by atoms with Crippen molar-refractivity contribution in [2.45, 2.75) is 38.1 Å². The molecule has 1 aromatic rings. The third kappa shape index (κ3) is 5.92. The standard InChI is InChI=1S/C13H21N3O2S/c1-4-7-14-11-9-12(16-10(5-2)15-11)19-8-6-13(17)18-3/h9H,4-8H2,1-3H3,(H,14,15,16). The van der Waals surface area contributed by atoms with Crippen molar-refractivity contribution >= 4 is 23.5 Å². The molecule has 0 radical (unpaired) electrons. The Hall–Kier alpha value is -1.30. The minimum Gasteiger partial charge on any atom is -0.469 e. The van der Waals surface area contributed by atoms with Gasteiger partial charge in [0.05, 0.1) is 13.5 Å². The van der Waals surface area contributed by atoms with Crippen LogP contribution in [0.25, 0.3) is 0 Å². The van der Waals surface area contributed by atoms with E-state index in [0.717, 1.165) is 36.1 Å². The van der Waals surface area contributed by atoms with E-state index >= 15 is 0 Å². The number of anilines is 1. The molecule has 0 atom stereocenters. The van der Waals surface area contributed by atoms with E-state index in [2.05, 4.69) is 26.9 Å². The zero-order valence-electron chi connectivity index (χ0n) is 11.7. The molecule has 0 aliphatic heterocycles. The van der Waals surface area contributed by atoms with E-state index in [0.29, 0.717) is 12.2 Å². The van der Waals surface area contributed by atoms with Gasteiger partial charge >= 0.3 is 5.97 Å². The molecule has 1 N–H and O–H groups in total. The fourth-order valence-corrected chi connectivity index (χ4v) is 2.23. The van der Waals surface area contributed by atoms with E-state index in [9.17, 15) is 4.79 Å². The van der Waals surface area contributed by atoms with Crippen LogP contribution < -0.4 is 5.32 Å². The fraction of sp³-hybridized carbons (Fsp3) is 0.615. The van der Waals surface area contributed by atoms with E-state index in [-0.39, 0.29) is 5.97 Å². The maximum Gasteiger partial charge on any atom is 0.306 e. The number of rotatable bonds is 8. The van der Waals surface area contributed by atoms with Gasteiger partial charge in [0.15, 0.2) is 0 Å². The third-order valence-corrected chi connectivity index (χ3v) is 3.32. The van der Waals surface area contributed by atoms with E-state index in [1.54, 1.807) is 11.8 Å². The van der Waals surface area contributed by atoms with Crippen LogP contribution >= 0.6 is 11.8 Å². The first-order valence-corrected chi connectivity index (χ1v) is 7.49. The predicted molar refractivity (Wildman–Crippen MR) is 77.5 cm³/mol. The number of ether oxygens (including phenoxy) is 1. The van der Waals surface area contributed by atoms with Crippen LogP contribution in [0.4, 0.5) is 5.82 Å². The quantitative estimate of drug-likeness (QED) is 0.449. The topological polar surface area (TPSA) is 64.1 Å². The van der Waals surface area contributed by atoms with Gasteiger partial charge in [-0.05, 0) is 6.42 Å². The normalized spacial score (nSPS) is 10.3. The average molecular weight is 283 g/mol. The number of methoxy groups -OCH3 is 1. The lowest BCUT2D eigenvalue weighted by Crippen LogP contribution is -2.06. The molecule has 1 heterocycles. The van der Waals surface area contributed by atoms with Crippen molar-refractivity contribution in [3.05, 3.63) is 11.9 Å². The summed E-state index contributed by atoms with van der Waals surface area (Å²) >= 11 is 1.55.